The summed E-state index contributed by atoms with van der Waals surface area (Å²) in [5.41, 5.74) is 8.61. The Morgan fingerprint density at radius 3 is 2.94 bits per heavy atom. The van der Waals surface area contributed by atoms with Crippen LogP contribution < -0.4 is 5.73 Å². The van der Waals surface area contributed by atoms with Crippen LogP contribution >= 0.6 is 15.9 Å². The summed E-state index contributed by atoms with van der Waals surface area (Å²) >= 11 is 3.53. The molecule has 0 aliphatic heterocycles. The van der Waals surface area contributed by atoms with Crippen molar-refractivity contribution in [3.8, 4) is 0 Å². The first-order valence-electron chi connectivity index (χ1n) is 6.00. The zero-order chi connectivity index (χ0) is 13.1. The number of rotatable bonds is 4. The third kappa shape index (κ3) is 2.62. The van der Waals surface area contributed by atoms with E-state index >= 15 is 0 Å². The Bertz CT molecular complexity index is 536. The molecule has 0 fully saturated rings. The van der Waals surface area contributed by atoms with Crippen LogP contribution in [0.15, 0.2) is 29.0 Å². The highest BCUT2D eigenvalue weighted by atomic mass is 79.9. The van der Waals surface area contributed by atoms with E-state index in [0.29, 0.717) is 6.42 Å². The Balaban J connectivity index is 2.22. The van der Waals surface area contributed by atoms with Crippen molar-refractivity contribution in [2.45, 2.75) is 32.9 Å². The Hall–Kier alpha value is -1.20. The van der Waals surface area contributed by atoms with Gasteiger partial charge in [0.15, 0.2) is 0 Å². The minimum absolute atomic E-state index is 0.0583. The van der Waals surface area contributed by atoms with Crippen LogP contribution in [0.1, 0.15) is 29.9 Å². The second-order valence-electron chi connectivity index (χ2n) is 4.26. The van der Waals surface area contributed by atoms with Crippen molar-refractivity contribution in [3.05, 3.63) is 46.0 Å². The molecule has 1 unspecified atom stereocenters. The lowest BCUT2D eigenvalue weighted by Gasteiger charge is -2.15. The summed E-state index contributed by atoms with van der Waals surface area (Å²) in [6, 6.07) is 6.05. The molecule has 5 heteroatoms. The molecule has 0 saturated carbocycles. The fourth-order valence-electron chi connectivity index (χ4n) is 2.04. The lowest BCUT2D eigenvalue weighted by molar-refractivity contribution is 0.580. The van der Waals surface area contributed by atoms with Crippen molar-refractivity contribution in [3.63, 3.8) is 0 Å². The first-order valence-corrected chi connectivity index (χ1v) is 6.80. The standard InChI is InChI=1S/C13H17BrN4/c1-3-18-13(16-8-17-18)7-12(15)10-5-4-6-11(14)9(10)2/h4-6,8,12H,3,7,15H2,1-2H3. The Labute approximate surface area is 115 Å². The third-order valence-corrected chi connectivity index (χ3v) is 3.97. The number of halogens is 1. The fraction of sp³-hybridized carbons (Fsp3) is 0.385. The average Bonchev–Trinajstić information content (AvgIpc) is 2.79. The van der Waals surface area contributed by atoms with Crippen LogP contribution in [-0.4, -0.2) is 14.8 Å². The summed E-state index contributed by atoms with van der Waals surface area (Å²) in [4.78, 5) is 4.26. The number of benzene rings is 1. The summed E-state index contributed by atoms with van der Waals surface area (Å²) in [7, 11) is 0. The van der Waals surface area contributed by atoms with Gasteiger partial charge in [0.1, 0.15) is 12.2 Å². The summed E-state index contributed by atoms with van der Waals surface area (Å²) in [5, 5.41) is 4.16. The van der Waals surface area contributed by atoms with E-state index in [9.17, 15) is 0 Å². The van der Waals surface area contributed by atoms with E-state index in [1.54, 1.807) is 6.33 Å². The number of nitrogens with two attached hydrogens (primary N) is 1. The highest BCUT2D eigenvalue weighted by Gasteiger charge is 2.14. The smallest absolute Gasteiger partial charge is 0.138 e. The lowest BCUT2D eigenvalue weighted by Crippen LogP contribution is -2.18. The molecule has 1 aromatic carbocycles. The topological polar surface area (TPSA) is 56.7 Å². The van der Waals surface area contributed by atoms with Crippen LogP contribution in [0, 0.1) is 6.92 Å². The van der Waals surface area contributed by atoms with Crippen molar-refractivity contribution in [2.24, 2.45) is 5.73 Å². The van der Waals surface area contributed by atoms with Gasteiger partial charge in [0, 0.05) is 23.5 Å². The maximum absolute atomic E-state index is 6.28. The SMILES string of the molecule is CCn1ncnc1CC(N)c1cccc(Br)c1C. The number of hydrogen-bond donors (Lipinski definition) is 1. The van der Waals surface area contributed by atoms with Crippen molar-refractivity contribution in [1.82, 2.24) is 14.8 Å². The van der Waals surface area contributed by atoms with Gasteiger partial charge in [-0.05, 0) is 31.0 Å². The number of aromatic nitrogens is 3. The molecular weight excluding hydrogens is 292 g/mol. The maximum atomic E-state index is 6.28. The Morgan fingerprint density at radius 1 is 1.44 bits per heavy atom. The molecule has 0 bridgehead atoms. The van der Waals surface area contributed by atoms with E-state index in [2.05, 4.69) is 39.0 Å². The molecule has 4 nitrogen and oxygen atoms in total. The molecule has 0 amide bonds. The second-order valence-corrected chi connectivity index (χ2v) is 5.11. The second kappa shape index (κ2) is 5.63. The monoisotopic (exact) mass is 308 g/mol. The van der Waals surface area contributed by atoms with Gasteiger partial charge in [0.05, 0.1) is 0 Å². The van der Waals surface area contributed by atoms with Crippen LogP contribution in [0.3, 0.4) is 0 Å². The molecule has 0 aliphatic rings. The lowest BCUT2D eigenvalue weighted by atomic mass is 9.99. The van der Waals surface area contributed by atoms with Crippen molar-refractivity contribution in [1.29, 1.82) is 0 Å². The fourth-order valence-corrected chi connectivity index (χ4v) is 2.42. The van der Waals surface area contributed by atoms with Gasteiger partial charge >= 0.3 is 0 Å². The van der Waals surface area contributed by atoms with Crippen LogP contribution in [0.2, 0.25) is 0 Å². The first-order chi connectivity index (χ1) is 8.63. The van der Waals surface area contributed by atoms with Gasteiger partial charge in [0.2, 0.25) is 0 Å². The van der Waals surface area contributed by atoms with Crippen LogP contribution in [0.25, 0.3) is 0 Å². The zero-order valence-corrected chi connectivity index (χ0v) is 12.2. The summed E-state index contributed by atoms with van der Waals surface area (Å²) in [6.45, 7) is 4.94. The molecule has 0 saturated heterocycles. The molecule has 0 spiro atoms. The van der Waals surface area contributed by atoms with E-state index in [1.165, 1.54) is 5.56 Å². The average molecular weight is 309 g/mol. The van der Waals surface area contributed by atoms with Crippen molar-refractivity contribution in [2.75, 3.05) is 0 Å². The molecule has 0 aliphatic carbocycles. The number of aryl methyl sites for hydroxylation is 1. The van der Waals surface area contributed by atoms with Gasteiger partial charge in [-0.25, -0.2) is 4.98 Å². The van der Waals surface area contributed by atoms with Crippen molar-refractivity contribution >= 4 is 15.9 Å². The zero-order valence-electron chi connectivity index (χ0n) is 10.6. The normalized spacial score (nSPS) is 12.7. The largest absolute Gasteiger partial charge is 0.324 e. The molecule has 2 rings (SSSR count). The molecule has 1 heterocycles. The van der Waals surface area contributed by atoms with Crippen molar-refractivity contribution < 1.29 is 0 Å². The molecule has 18 heavy (non-hydrogen) atoms. The quantitative estimate of drug-likeness (QED) is 0.944. The van der Waals surface area contributed by atoms with Gasteiger partial charge in [0.25, 0.3) is 0 Å². The minimum Gasteiger partial charge on any atom is -0.324 e. The van der Waals surface area contributed by atoms with E-state index < -0.39 is 0 Å². The van der Waals surface area contributed by atoms with E-state index in [0.717, 1.165) is 22.4 Å². The maximum Gasteiger partial charge on any atom is 0.138 e. The van der Waals surface area contributed by atoms with E-state index in [1.807, 2.05) is 23.7 Å². The van der Waals surface area contributed by atoms with Gasteiger partial charge in [-0.3, -0.25) is 4.68 Å². The minimum atomic E-state index is -0.0583. The molecule has 96 valence electrons. The predicted octanol–water partition coefficient (Wildman–Crippen LogP) is 2.61. The highest BCUT2D eigenvalue weighted by Crippen LogP contribution is 2.25. The van der Waals surface area contributed by atoms with Gasteiger partial charge in [-0.2, -0.15) is 5.10 Å². The summed E-state index contributed by atoms with van der Waals surface area (Å²) in [6.07, 6.45) is 2.28. The van der Waals surface area contributed by atoms with Crippen LogP contribution in [0.5, 0.6) is 0 Å². The van der Waals surface area contributed by atoms with Gasteiger partial charge in [-0.15, -0.1) is 0 Å². The Morgan fingerprint density at radius 2 is 2.22 bits per heavy atom. The number of nitrogens with zero attached hydrogens (tertiary/aromatic N) is 3. The van der Waals surface area contributed by atoms with Crippen LogP contribution in [0.4, 0.5) is 0 Å². The predicted molar refractivity (Wildman–Crippen MR) is 75.2 cm³/mol. The van der Waals surface area contributed by atoms with Gasteiger partial charge < -0.3 is 5.73 Å². The molecule has 2 N–H and O–H groups in total. The van der Waals surface area contributed by atoms with Crippen LogP contribution in [-0.2, 0) is 13.0 Å². The highest BCUT2D eigenvalue weighted by molar-refractivity contribution is 9.10. The molecular formula is C13H17BrN4. The summed E-state index contributed by atoms with van der Waals surface area (Å²) < 4.78 is 2.97. The Kier molecular flexibility index (Phi) is 4.14. The van der Waals surface area contributed by atoms with E-state index in [-0.39, 0.29) is 6.04 Å². The molecule has 2 aromatic rings. The molecule has 1 atom stereocenters. The molecule has 1 aromatic heterocycles. The number of hydrogen-bond acceptors (Lipinski definition) is 3. The molecule has 0 radical (unpaired) electrons. The third-order valence-electron chi connectivity index (χ3n) is 3.11. The van der Waals surface area contributed by atoms with Gasteiger partial charge in [-0.1, -0.05) is 28.1 Å². The van der Waals surface area contributed by atoms with E-state index in [4.69, 9.17) is 5.73 Å². The summed E-state index contributed by atoms with van der Waals surface area (Å²) in [5.74, 6) is 0.935. The first kappa shape index (κ1) is 13.2.